The summed E-state index contributed by atoms with van der Waals surface area (Å²) in [5.74, 6) is 2.39. The van der Waals surface area contributed by atoms with Gasteiger partial charge in [0.25, 0.3) is 0 Å². The SMILES string of the molecule is CCc1ccc(-c2nn(C3CCS(=O)(=O)C3)c(N)c2C)o1. The zero-order valence-electron chi connectivity index (χ0n) is 12.2. The van der Waals surface area contributed by atoms with E-state index in [1.807, 2.05) is 26.0 Å². The van der Waals surface area contributed by atoms with Crippen LogP contribution in [0.15, 0.2) is 16.5 Å². The number of aromatic nitrogens is 2. The van der Waals surface area contributed by atoms with Crippen molar-refractivity contribution in [3.05, 3.63) is 23.5 Å². The van der Waals surface area contributed by atoms with E-state index < -0.39 is 9.84 Å². The Bertz CT molecular complexity index is 773. The Kier molecular flexibility index (Phi) is 3.32. The maximum atomic E-state index is 11.6. The van der Waals surface area contributed by atoms with Crippen LogP contribution in [0.2, 0.25) is 0 Å². The number of nitrogens with zero attached hydrogens (tertiary/aromatic N) is 2. The van der Waals surface area contributed by atoms with Crippen LogP contribution in [-0.2, 0) is 16.3 Å². The van der Waals surface area contributed by atoms with E-state index in [2.05, 4.69) is 5.10 Å². The highest BCUT2D eigenvalue weighted by atomic mass is 32.2. The Morgan fingerprint density at radius 2 is 2.24 bits per heavy atom. The summed E-state index contributed by atoms with van der Waals surface area (Å²) in [6.45, 7) is 3.90. The van der Waals surface area contributed by atoms with Crippen molar-refractivity contribution in [2.45, 2.75) is 32.7 Å². The molecule has 1 aliphatic rings. The lowest BCUT2D eigenvalue weighted by Crippen LogP contribution is -2.14. The molecule has 0 saturated carbocycles. The minimum atomic E-state index is -2.97. The monoisotopic (exact) mass is 309 g/mol. The number of rotatable bonds is 3. The van der Waals surface area contributed by atoms with E-state index in [1.54, 1.807) is 4.68 Å². The molecule has 114 valence electrons. The summed E-state index contributed by atoms with van der Waals surface area (Å²) in [4.78, 5) is 0. The average Bonchev–Trinajstić information content (AvgIpc) is 3.10. The van der Waals surface area contributed by atoms with Crippen molar-refractivity contribution in [2.75, 3.05) is 17.2 Å². The van der Waals surface area contributed by atoms with Crippen molar-refractivity contribution in [3.8, 4) is 11.5 Å². The third-order valence-electron chi connectivity index (χ3n) is 3.99. The van der Waals surface area contributed by atoms with Gasteiger partial charge in [-0.1, -0.05) is 6.92 Å². The van der Waals surface area contributed by atoms with Gasteiger partial charge in [0.15, 0.2) is 15.6 Å². The molecule has 1 unspecified atom stereocenters. The van der Waals surface area contributed by atoms with Crippen molar-refractivity contribution >= 4 is 15.7 Å². The molecule has 1 aliphatic heterocycles. The van der Waals surface area contributed by atoms with Crippen molar-refractivity contribution in [3.63, 3.8) is 0 Å². The van der Waals surface area contributed by atoms with Crippen molar-refractivity contribution in [2.24, 2.45) is 0 Å². The van der Waals surface area contributed by atoms with E-state index in [-0.39, 0.29) is 17.5 Å². The smallest absolute Gasteiger partial charge is 0.154 e. The van der Waals surface area contributed by atoms with Gasteiger partial charge in [-0.25, -0.2) is 13.1 Å². The van der Waals surface area contributed by atoms with E-state index in [4.69, 9.17) is 10.2 Å². The van der Waals surface area contributed by atoms with E-state index in [0.717, 1.165) is 17.7 Å². The average molecular weight is 309 g/mol. The first-order valence-corrected chi connectivity index (χ1v) is 8.87. The summed E-state index contributed by atoms with van der Waals surface area (Å²) in [5, 5.41) is 4.51. The molecule has 6 nitrogen and oxygen atoms in total. The number of nitrogen functional groups attached to an aromatic ring is 1. The molecule has 7 heteroatoms. The first-order valence-electron chi connectivity index (χ1n) is 7.05. The molecule has 3 heterocycles. The van der Waals surface area contributed by atoms with Gasteiger partial charge in [-0.15, -0.1) is 0 Å². The molecular formula is C14H19N3O3S. The molecular weight excluding hydrogens is 290 g/mol. The zero-order chi connectivity index (χ0) is 15.2. The van der Waals surface area contributed by atoms with Gasteiger partial charge >= 0.3 is 0 Å². The van der Waals surface area contributed by atoms with Gasteiger partial charge in [-0.05, 0) is 25.5 Å². The molecule has 0 radical (unpaired) electrons. The fraction of sp³-hybridized carbons (Fsp3) is 0.500. The van der Waals surface area contributed by atoms with Gasteiger partial charge < -0.3 is 10.2 Å². The predicted molar refractivity (Wildman–Crippen MR) is 80.8 cm³/mol. The van der Waals surface area contributed by atoms with Crippen LogP contribution in [0.5, 0.6) is 0 Å². The summed E-state index contributed by atoms with van der Waals surface area (Å²) in [5.41, 5.74) is 7.63. The molecule has 0 aliphatic carbocycles. The highest BCUT2D eigenvalue weighted by Gasteiger charge is 2.32. The van der Waals surface area contributed by atoms with Crippen LogP contribution in [0.25, 0.3) is 11.5 Å². The standard InChI is InChI=1S/C14H19N3O3S/c1-3-11-4-5-12(20-11)13-9(2)14(15)17(16-13)10-6-7-21(18,19)8-10/h4-5,10H,3,6-8,15H2,1-2H3. The highest BCUT2D eigenvalue weighted by molar-refractivity contribution is 7.91. The Hall–Kier alpha value is -1.76. The fourth-order valence-electron chi connectivity index (χ4n) is 2.71. The molecule has 0 aromatic carbocycles. The predicted octanol–water partition coefficient (Wildman–Crippen LogP) is 1.96. The molecule has 2 aromatic heterocycles. The second-order valence-electron chi connectivity index (χ2n) is 5.48. The van der Waals surface area contributed by atoms with Crippen molar-refractivity contribution < 1.29 is 12.8 Å². The lowest BCUT2D eigenvalue weighted by Gasteiger charge is -2.10. The number of hydrogen-bond donors (Lipinski definition) is 1. The Balaban J connectivity index is 1.99. The zero-order valence-corrected chi connectivity index (χ0v) is 13.0. The normalized spacial score (nSPS) is 21.0. The summed E-state index contributed by atoms with van der Waals surface area (Å²) >= 11 is 0. The topological polar surface area (TPSA) is 91.1 Å². The summed E-state index contributed by atoms with van der Waals surface area (Å²) in [7, 11) is -2.97. The number of nitrogens with two attached hydrogens (primary N) is 1. The molecule has 3 rings (SSSR count). The highest BCUT2D eigenvalue weighted by Crippen LogP contribution is 2.33. The largest absolute Gasteiger partial charge is 0.459 e. The lowest BCUT2D eigenvalue weighted by atomic mass is 10.2. The quantitative estimate of drug-likeness (QED) is 0.935. The number of aryl methyl sites for hydroxylation is 1. The maximum Gasteiger partial charge on any atom is 0.154 e. The number of hydrogen-bond acceptors (Lipinski definition) is 5. The Labute approximate surface area is 123 Å². The molecule has 1 fully saturated rings. The van der Waals surface area contributed by atoms with Crippen LogP contribution >= 0.6 is 0 Å². The van der Waals surface area contributed by atoms with Gasteiger partial charge in [0.2, 0.25) is 0 Å². The Morgan fingerprint density at radius 3 is 2.81 bits per heavy atom. The molecule has 2 aromatic rings. The summed E-state index contributed by atoms with van der Waals surface area (Å²) in [6.07, 6.45) is 1.38. The van der Waals surface area contributed by atoms with Crippen LogP contribution in [0, 0.1) is 6.92 Å². The van der Waals surface area contributed by atoms with Gasteiger partial charge in [0, 0.05) is 12.0 Å². The molecule has 1 saturated heterocycles. The first kappa shape index (κ1) is 14.2. The molecule has 0 spiro atoms. The molecule has 21 heavy (non-hydrogen) atoms. The van der Waals surface area contributed by atoms with Crippen molar-refractivity contribution in [1.82, 2.24) is 9.78 Å². The van der Waals surface area contributed by atoms with Crippen LogP contribution < -0.4 is 5.73 Å². The van der Waals surface area contributed by atoms with Crippen LogP contribution in [-0.4, -0.2) is 29.7 Å². The number of anilines is 1. The van der Waals surface area contributed by atoms with Crippen molar-refractivity contribution in [1.29, 1.82) is 0 Å². The molecule has 0 bridgehead atoms. The molecule has 2 N–H and O–H groups in total. The maximum absolute atomic E-state index is 11.6. The second kappa shape index (κ2) is 4.91. The van der Waals surface area contributed by atoms with E-state index in [9.17, 15) is 8.42 Å². The van der Waals surface area contributed by atoms with Gasteiger partial charge in [-0.2, -0.15) is 5.10 Å². The van der Waals surface area contributed by atoms with Crippen LogP contribution in [0.3, 0.4) is 0 Å². The fourth-order valence-corrected chi connectivity index (χ4v) is 4.40. The molecule has 0 amide bonds. The van der Waals surface area contributed by atoms with E-state index >= 15 is 0 Å². The third kappa shape index (κ3) is 2.46. The second-order valence-corrected chi connectivity index (χ2v) is 7.71. The third-order valence-corrected chi connectivity index (χ3v) is 5.74. The minimum absolute atomic E-state index is 0.107. The van der Waals surface area contributed by atoms with Gasteiger partial charge in [0.05, 0.1) is 17.5 Å². The Morgan fingerprint density at radius 1 is 1.48 bits per heavy atom. The summed E-state index contributed by atoms with van der Waals surface area (Å²) in [6, 6.07) is 3.62. The van der Waals surface area contributed by atoms with E-state index in [1.165, 1.54) is 0 Å². The number of furan rings is 1. The van der Waals surface area contributed by atoms with E-state index in [0.29, 0.717) is 23.7 Å². The number of sulfone groups is 1. The van der Waals surface area contributed by atoms with Crippen LogP contribution in [0.4, 0.5) is 5.82 Å². The lowest BCUT2D eigenvalue weighted by molar-refractivity contribution is 0.499. The van der Waals surface area contributed by atoms with Gasteiger partial charge in [-0.3, -0.25) is 0 Å². The van der Waals surface area contributed by atoms with Gasteiger partial charge in [0.1, 0.15) is 17.3 Å². The minimum Gasteiger partial charge on any atom is -0.459 e. The summed E-state index contributed by atoms with van der Waals surface area (Å²) < 4.78 is 30.6. The van der Waals surface area contributed by atoms with Crippen LogP contribution in [0.1, 0.15) is 30.7 Å². The first-order chi connectivity index (χ1) is 9.91. The molecule has 1 atom stereocenters.